The van der Waals surface area contributed by atoms with Gasteiger partial charge in [-0.15, -0.1) is 0 Å². The number of nitrogens with zero attached hydrogens (tertiary/aromatic N) is 1. The van der Waals surface area contributed by atoms with E-state index in [1.807, 2.05) is 0 Å². The summed E-state index contributed by atoms with van der Waals surface area (Å²) in [5.74, 6) is -0.110. The van der Waals surface area contributed by atoms with Crippen LogP contribution in [0.15, 0.2) is 0 Å². The second-order valence-electron chi connectivity index (χ2n) is 4.13. The Hall–Kier alpha value is -0.620. The van der Waals surface area contributed by atoms with Crippen LogP contribution in [-0.2, 0) is 14.8 Å². The monoisotopic (exact) mass is 248 g/mol. The van der Waals surface area contributed by atoms with Crippen LogP contribution >= 0.6 is 0 Å². The molecule has 1 N–H and O–H groups in total. The Morgan fingerprint density at radius 3 is 2.38 bits per heavy atom. The number of hydrogen-bond donors (Lipinski definition) is 1. The molecule has 1 saturated heterocycles. The fourth-order valence-electron chi connectivity index (χ4n) is 1.79. The molecule has 0 spiro atoms. The van der Waals surface area contributed by atoms with Gasteiger partial charge in [-0.2, -0.15) is 0 Å². The van der Waals surface area contributed by atoms with E-state index in [-0.39, 0.29) is 11.7 Å². The summed E-state index contributed by atoms with van der Waals surface area (Å²) in [4.78, 5) is 13.6. The first-order chi connectivity index (χ1) is 7.46. The van der Waals surface area contributed by atoms with E-state index in [9.17, 15) is 13.2 Å². The maximum Gasteiger partial charge on any atom is 0.240 e. The van der Waals surface area contributed by atoms with Crippen LogP contribution in [-0.4, -0.2) is 44.1 Å². The number of carbonyl (C=O) groups excluding carboxylic acids is 1. The SMILES string of the molecule is CCS(=O)(=O)NC(C)C(=O)N1CCCCC1. The van der Waals surface area contributed by atoms with E-state index in [0.29, 0.717) is 0 Å². The minimum atomic E-state index is -3.30. The minimum absolute atomic E-state index is 0.00458. The molecule has 16 heavy (non-hydrogen) atoms. The minimum Gasteiger partial charge on any atom is -0.341 e. The summed E-state index contributed by atoms with van der Waals surface area (Å²) >= 11 is 0. The van der Waals surface area contributed by atoms with Gasteiger partial charge in [-0.1, -0.05) is 0 Å². The third-order valence-electron chi connectivity index (χ3n) is 2.77. The quantitative estimate of drug-likeness (QED) is 0.779. The summed E-state index contributed by atoms with van der Waals surface area (Å²) in [6.45, 7) is 4.65. The highest BCUT2D eigenvalue weighted by atomic mass is 32.2. The molecule has 0 aliphatic carbocycles. The standard InChI is InChI=1S/C10H20N2O3S/c1-3-16(14,15)11-9(2)10(13)12-7-5-4-6-8-12/h9,11H,3-8H2,1-2H3. The van der Waals surface area contributed by atoms with E-state index in [2.05, 4.69) is 4.72 Å². The molecule has 6 heteroatoms. The highest BCUT2D eigenvalue weighted by Crippen LogP contribution is 2.10. The van der Waals surface area contributed by atoms with Gasteiger partial charge in [0.1, 0.15) is 0 Å². The summed E-state index contributed by atoms with van der Waals surface area (Å²) in [7, 11) is -3.30. The molecule has 1 amide bonds. The number of sulfonamides is 1. The molecule has 1 heterocycles. The molecule has 0 aromatic rings. The number of nitrogens with one attached hydrogen (secondary N) is 1. The van der Waals surface area contributed by atoms with Gasteiger partial charge in [0.05, 0.1) is 11.8 Å². The van der Waals surface area contributed by atoms with Gasteiger partial charge < -0.3 is 4.90 Å². The molecule has 1 aliphatic rings. The van der Waals surface area contributed by atoms with Crippen LogP contribution in [0.2, 0.25) is 0 Å². The predicted octanol–water partition coefficient (Wildman–Crippen LogP) is 0.327. The number of amides is 1. The average Bonchev–Trinajstić information content (AvgIpc) is 2.28. The van der Waals surface area contributed by atoms with Gasteiger partial charge >= 0.3 is 0 Å². The third kappa shape index (κ3) is 3.75. The summed E-state index contributed by atoms with van der Waals surface area (Å²) < 4.78 is 25.0. The molecule has 0 bridgehead atoms. The lowest BCUT2D eigenvalue weighted by Crippen LogP contribution is -2.48. The van der Waals surface area contributed by atoms with Crippen molar-refractivity contribution in [3.05, 3.63) is 0 Å². The Morgan fingerprint density at radius 1 is 1.31 bits per heavy atom. The molecule has 1 rings (SSSR count). The number of piperidine rings is 1. The van der Waals surface area contributed by atoms with Crippen LogP contribution < -0.4 is 4.72 Å². The first kappa shape index (κ1) is 13.4. The Bertz CT molecular complexity index is 334. The number of rotatable bonds is 4. The molecule has 1 fully saturated rings. The number of carbonyl (C=O) groups is 1. The van der Waals surface area contributed by atoms with Gasteiger partial charge in [-0.05, 0) is 33.1 Å². The zero-order valence-electron chi connectivity index (χ0n) is 9.90. The summed E-state index contributed by atoms with van der Waals surface area (Å²) in [5.41, 5.74) is 0. The normalized spacial score (nSPS) is 19.5. The Morgan fingerprint density at radius 2 is 1.88 bits per heavy atom. The highest BCUT2D eigenvalue weighted by molar-refractivity contribution is 7.89. The van der Waals surface area contributed by atoms with E-state index in [4.69, 9.17) is 0 Å². The van der Waals surface area contributed by atoms with Crippen molar-refractivity contribution in [2.75, 3.05) is 18.8 Å². The van der Waals surface area contributed by atoms with E-state index in [0.717, 1.165) is 32.4 Å². The molecule has 1 aliphatic heterocycles. The van der Waals surface area contributed by atoms with Crippen molar-refractivity contribution >= 4 is 15.9 Å². The average molecular weight is 248 g/mol. The van der Waals surface area contributed by atoms with Gasteiger partial charge in [0.15, 0.2) is 0 Å². The zero-order valence-corrected chi connectivity index (χ0v) is 10.7. The van der Waals surface area contributed by atoms with Crippen LogP contribution in [0.4, 0.5) is 0 Å². The molecule has 0 radical (unpaired) electrons. The van der Waals surface area contributed by atoms with Crippen molar-refractivity contribution in [3.63, 3.8) is 0 Å². The van der Waals surface area contributed by atoms with Gasteiger partial charge in [-0.3, -0.25) is 4.79 Å². The molecule has 0 aromatic heterocycles. The largest absolute Gasteiger partial charge is 0.341 e. The molecule has 1 unspecified atom stereocenters. The van der Waals surface area contributed by atoms with Crippen LogP contribution in [0.5, 0.6) is 0 Å². The molecule has 0 saturated carbocycles. The lowest BCUT2D eigenvalue weighted by Gasteiger charge is -2.29. The zero-order chi connectivity index (χ0) is 12.2. The molecular formula is C10H20N2O3S. The molecule has 94 valence electrons. The van der Waals surface area contributed by atoms with Crippen LogP contribution in [0.3, 0.4) is 0 Å². The van der Waals surface area contributed by atoms with Gasteiger partial charge in [0.25, 0.3) is 0 Å². The van der Waals surface area contributed by atoms with E-state index >= 15 is 0 Å². The molecule has 5 nitrogen and oxygen atoms in total. The van der Waals surface area contributed by atoms with Crippen LogP contribution in [0.25, 0.3) is 0 Å². The van der Waals surface area contributed by atoms with E-state index in [1.54, 1.807) is 18.7 Å². The van der Waals surface area contributed by atoms with Crippen molar-refractivity contribution in [2.24, 2.45) is 0 Å². The first-order valence-electron chi connectivity index (χ1n) is 5.75. The van der Waals surface area contributed by atoms with Gasteiger partial charge in [0.2, 0.25) is 15.9 Å². The van der Waals surface area contributed by atoms with Crippen LogP contribution in [0.1, 0.15) is 33.1 Å². The smallest absolute Gasteiger partial charge is 0.240 e. The summed E-state index contributed by atoms with van der Waals surface area (Å²) in [5, 5.41) is 0. The molecule has 1 atom stereocenters. The maximum atomic E-state index is 11.9. The second kappa shape index (κ2) is 5.63. The Kier molecular flexibility index (Phi) is 4.73. The Balaban J connectivity index is 2.53. The van der Waals surface area contributed by atoms with Crippen molar-refractivity contribution in [1.29, 1.82) is 0 Å². The van der Waals surface area contributed by atoms with Crippen molar-refractivity contribution < 1.29 is 13.2 Å². The maximum absolute atomic E-state index is 11.9. The summed E-state index contributed by atoms with van der Waals surface area (Å²) in [6.07, 6.45) is 3.18. The fourth-order valence-corrected chi connectivity index (χ4v) is 2.60. The van der Waals surface area contributed by atoms with E-state index in [1.165, 1.54) is 0 Å². The van der Waals surface area contributed by atoms with Crippen molar-refractivity contribution in [1.82, 2.24) is 9.62 Å². The lowest BCUT2D eigenvalue weighted by molar-refractivity contribution is -0.133. The summed E-state index contributed by atoms with van der Waals surface area (Å²) in [6, 6.07) is -0.650. The lowest BCUT2D eigenvalue weighted by atomic mass is 10.1. The first-order valence-corrected chi connectivity index (χ1v) is 7.40. The predicted molar refractivity (Wildman–Crippen MR) is 62.5 cm³/mol. The number of likely N-dealkylation sites (tertiary alicyclic amines) is 1. The van der Waals surface area contributed by atoms with Crippen molar-refractivity contribution in [2.45, 2.75) is 39.2 Å². The number of hydrogen-bond acceptors (Lipinski definition) is 3. The Labute approximate surface area is 97.2 Å². The third-order valence-corrected chi connectivity index (χ3v) is 4.25. The van der Waals surface area contributed by atoms with Crippen molar-refractivity contribution in [3.8, 4) is 0 Å². The van der Waals surface area contributed by atoms with Crippen LogP contribution in [0, 0.1) is 0 Å². The van der Waals surface area contributed by atoms with Gasteiger partial charge in [0, 0.05) is 13.1 Å². The van der Waals surface area contributed by atoms with Gasteiger partial charge in [-0.25, -0.2) is 13.1 Å². The topological polar surface area (TPSA) is 66.5 Å². The molecule has 0 aromatic carbocycles. The second-order valence-corrected chi connectivity index (χ2v) is 6.17. The van der Waals surface area contributed by atoms with E-state index < -0.39 is 16.1 Å². The fraction of sp³-hybridized carbons (Fsp3) is 0.900. The highest BCUT2D eigenvalue weighted by Gasteiger charge is 2.24. The molecular weight excluding hydrogens is 228 g/mol.